The zero-order valence-electron chi connectivity index (χ0n) is 11.9. The zero-order valence-corrected chi connectivity index (χ0v) is 14.3. The van der Waals surface area contributed by atoms with Crippen molar-refractivity contribution in [2.75, 3.05) is 31.6 Å². The minimum Gasteiger partial charge on any atom is -0.392 e. The van der Waals surface area contributed by atoms with Crippen molar-refractivity contribution in [2.24, 2.45) is 5.73 Å². The Morgan fingerprint density at radius 2 is 1.95 bits per heavy atom. The predicted molar refractivity (Wildman–Crippen MR) is 95.9 cm³/mol. The fraction of sp³-hybridized carbons (Fsp3) is 0.533. The zero-order chi connectivity index (χ0) is 14.4. The summed E-state index contributed by atoms with van der Waals surface area (Å²) in [4.78, 5) is 4.57. The summed E-state index contributed by atoms with van der Waals surface area (Å²) in [5, 5.41) is 0. The number of nitrogens with zero attached hydrogens (tertiary/aromatic N) is 1. The predicted octanol–water partition coefficient (Wildman–Crippen LogP) is 3.26. The van der Waals surface area contributed by atoms with E-state index in [1.807, 2.05) is 23.5 Å². The third-order valence-corrected chi connectivity index (χ3v) is 6.84. The maximum absolute atomic E-state index is 5.92. The molecule has 0 spiro atoms. The number of likely N-dealkylation sites (tertiary alicyclic amines) is 1. The largest absolute Gasteiger partial charge is 0.392 e. The van der Waals surface area contributed by atoms with E-state index >= 15 is 0 Å². The van der Waals surface area contributed by atoms with Gasteiger partial charge in [0.1, 0.15) is 0 Å². The number of thiocarbonyl (C=S) groups is 1. The van der Waals surface area contributed by atoms with E-state index in [0.29, 0.717) is 4.99 Å². The highest BCUT2D eigenvalue weighted by Crippen LogP contribution is 2.35. The summed E-state index contributed by atoms with van der Waals surface area (Å²) in [5.74, 6) is 1.14. The molecule has 110 valence electrons. The molecule has 0 atom stereocenters. The molecule has 0 unspecified atom stereocenters. The Morgan fingerprint density at radius 3 is 2.50 bits per heavy atom. The van der Waals surface area contributed by atoms with Gasteiger partial charge in [-0.15, -0.1) is 11.8 Å². The van der Waals surface area contributed by atoms with Gasteiger partial charge in [0, 0.05) is 17.2 Å². The van der Waals surface area contributed by atoms with E-state index in [1.165, 1.54) is 4.90 Å². The van der Waals surface area contributed by atoms with Gasteiger partial charge in [0.2, 0.25) is 0 Å². The standard InChI is InChI=1S/C15H22N2S3/c1-19-15(14(16)18)7-9-17(10-8-15)11-12-20-13-5-3-2-4-6-13/h2-6H,7-12H2,1H3,(H2,16,18). The van der Waals surface area contributed by atoms with Gasteiger partial charge < -0.3 is 10.6 Å². The van der Waals surface area contributed by atoms with Crippen LogP contribution >= 0.6 is 35.7 Å². The molecule has 20 heavy (non-hydrogen) atoms. The second-order valence-corrected chi connectivity index (χ2v) is 7.86. The van der Waals surface area contributed by atoms with Crippen LogP contribution in [0.4, 0.5) is 0 Å². The number of thioether (sulfide) groups is 2. The van der Waals surface area contributed by atoms with Gasteiger partial charge in [0.05, 0.1) is 9.74 Å². The van der Waals surface area contributed by atoms with Crippen LogP contribution in [-0.4, -0.2) is 46.3 Å². The summed E-state index contributed by atoms with van der Waals surface area (Å²) >= 11 is 9.01. The number of benzene rings is 1. The van der Waals surface area contributed by atoms with Gasteiger partial charge in [0.15, 0.2) is 0 Å². The van der Waals surface area contributed by atoms with Gasteiger partial charge >= 0.3 is 0 Å². The SMILES string of the molecule is CSC1(C(N)=S)CCN(CCSc2ccccc2)CC1. The first-order valence-corrected chi connectivity index (χ1v) is 9.53. The van der Waals surface area contributed by atoms with E-state index in [9.17, 15) is 0 Å². The van der Waals surface area contributed by atoms with Gasteiger partial charge in [-0.2, -0.15) is 11.8 Å². The van der Waals surface area contributed by atoms with Crippen LogP contribution in [0.15, 0.2) is 35.2 Å². The minimum absolute atomic E-state index is 0.0401. The van der Waals surface area contributed by atoms with Crippen LogP contribution in [0, 0.1) is 0 Å². The molecule has 2 nitrogen and oxygen atoms in total. The van der Waals surface area contributed by atoms with Crippen LogP contribution in [0.1, 0.15) is 12.8 Å². The molecule has 1 fully saturated rings. The molecule has 1 aromatic rings. The molecule has 0 aromatic heterocycles. The summed E-state index contributed by atoms with van der Waals surface area (Å²) in [6.45, 7) is 3.35. The maximum Gasteiger partial charge on any atom is 0.0891 e. The highest BCUT2D eigenvalue weighted by molar-refractivity contribution is 8.02. The Morgan fingerprint density at radius 1 is 1.30 bits per heavy atom. The summed E-state index contributed by atoms with van der Waals surface area (Å²) in [5.41, 5.74) is 5.92. The van der Waals surface area contributed by atoms with Crippen LogP contribution in [0.25, 0.3) is 0 Å². The van der Waals surface area contributed by atoms with E-state index in [0.717, 1.165) is 38.2 Å². The van der Waals surface area contributed by atoms with Crippen LogP contribution < -0.4 is 5.73 Å². The normalized spacial score (nSPS) is 18.9. The number of rotatable bonds is 6. The molecule has 0 radical (unpaired) electrons. The molecule has 1 aliphatic rings. The number of nitrogens with two attached hydrogens (primary N) is 1. The second-order valence-electron chi connectivity index (χ2n) is 5.07. The summed E-state index contributed by atoms with van der Waals surface area (Å²) in [6, 6.07) is 10.6. The fourth-order valence-corrected chi connectivity index (χ4v) is 4.68. The average molecular weight is 327 g/mol. The van der Waals surface area contributed by atoms with Crippen molar-refractivity contribution in [1.29, 1.82) is 0 Å². The number of hydrogen-bond donors (Lipinski definition) is 1. The molecule has 1 aliphatic heterocycles. The number of piperidine rings is 1. The Bertz CT molecular complexity index is 428. The summed E-state index contributed by atoms with van der Waals surface area (Å²) < 4.78 is 0.0401. The molecule has 0 saturated carbocycles. The van der Waals surface area contributed by atoms with Gasteiger partial charge in [-0.05, 0) is 44.3 Å². The molecule has 2 N–H and O–H groups in total. The van der Waals surface area contributed by atoms with Crippen molar-refractivity contribution in [3.63, 3.8) is 0 Å². The average Bonchev–Trinajstić information content (AvgIpc) is 2.49. The first kappa shape index (κ1) is 16.1. The lowest BCUT2D eigenvalue weighted by Gasteiger charge is -2.40. The first-order chi connectivity index (χ1) is 9.66. The van der Waals surface area contributed by atoms with E-state index in [1.54, 1.807) is 0 Å². The van der Waals surface area contributed by atoms with E-state index in [2.05, 4.69) is 41.5 Å². The monoisotopic (exact) mass is 326 g/mol. The molecule has 1 heterocycles. The summed E-state index contributed by atoms with van der Waals surface area (Å²) in [6.07, 6.45) is 4.29. The third-order valence-electron chi connectivity index (χ3n) is 3.92. The van der Waals surface area contributed by atoms with E-state index < -0.39 is 0 Å². The minimum atomic E-state index is 0.0401. The highest BCUT2D eigenvalue weighted by atomic mass is 32.2. The topological polar surface area (TPSA) is 29.3 Å². The molecule has 0 bridgehead atoms. The third kappa shape index (κ3) is 4.13. The van der Waals surface area contributed by atoms with Crippen LogP contribution in [0.2, 0.25) is 0 Å². The molecular weight excluding hydrogens is 304 g/mol. The van der Waals surface area contributed by atoms with E-state index in [4.69, 9.17) is 18.0 Å². The Kier molecular flexibility index (Phi) is 6.20. The lowest BCUT2D eigenvalue weighted by molar-refractivity contribution is 0.233. The Hall–Kier alpha value is -0.230. The molecule has 0 amide bonds. The summed E-state index contributed by atoms with van der Waals surface area (Å²) in [7, 11) is 0. The number of hydrogen-bond acceptors (Lipinski definition) is 4. The van der Waals surface area contributed by atoms with Crippen LogP contribution in [0.5, 0.6) is 0 Å². The van der Waals surface area contributed by atoms with Crippen molar-refractivity contribution in [3.8, 4) is 0 Å². The van der Waals surface area contributed by atoms with Gasteiger partial charge in [-0.3, -0.25) is 0 Å². The van der Waals surface area contributed by atoms with Crippen LogP contribution in [0.3, 0.4) is 0 Å². The van der Waals surface area contributed by atoms with Gasteiger partial charge in [-0.25, -0.2) is 0 Å². The first-order valence-electron chi connectivity index (χ1n) is 6.91. The molecule has 1 aromatic carbocycles. The molecule has 1 saturated heterocycles. The molecular formula is C15H22N2S3. The van der Waals surface area contributed by atoms with Crippen LogP contribution in [-0.2, 0) is 0 Å². The molecule has 5 heteroatoms. The quantitative estimate of drug-likeness (QED) is 0.640. The molecule has 2 rings (SSSR count). The van der Waals surface area contributed by atoms with Crippen molar-refractivity contribution < 1.29 is 0 Å². The molecule has 0 aliphatic carbocycles. The van der Waals surface area contributed by atoms with Gasteiger partial charge in [0.25, 0.3) is 0 Å². The Balaban J connectivity index is 1.73. The smallest absolute Gasteiger partial charge is 0.0891 e. The maximum atomic E-state index is 5.92. The highest BCUT2D eigenvalue weighted by Gasteiger charge is 2.36. The van der Waals surface area contributed by atoms with Crippen molar-refractivity contribution in [1.82, 2.24) is 4.90 Å². The van der Waals surface area contributed by atoms with Crippen molar-refractivity contribution in [2.45, 2.75) is 22.5 Å². The van der Waals surface area contributed by atoms with Crippen molar-refractivity contribution in [3.05, 3.63) is 30.3 Å². The van der Waals surface area contributed by atoms with E-state index in [-0.39, 0.29) is 4.75 Å². The lowest BCUT2D eigenvalue weighted by atomic mass is 9.95. The Labute approximate surface area is 135 Å². The fourth-order valence-electron chi connectivity index (χ4n) is 2.50. The lowest BCUT2D eigenvalue weighted by Crippen LogP contribution is -2.49. The second kappa shape index (κ2) is 7.69. The van der Waals surface area contributed by atoms with Gasteiger partial charge in [-0.1, -0.05) is 30.4 Å². The van der Waals surface area contributed by atoms with Crippen molar-refractivity contribution >= 4 is 40.7 Å².